The molecule has 0 aliphatic carbocycles. The molecule has 0 amide bonds. The fourth-order valence-electron chi connectivity index (χ4n) is 2.09. The Morgan fingerprint density at radius 2 is 2.00 bits per heavy atom. The van der Waals surface area contributed by atoms with Crippen LogP contribution in [0.5, 0.6) is 11.5 Å². The van der Waals surface area contributed by atoms with Crippen LogP contribution in [0, 0.1) is 10.1 Å². The van der Waals surface area contributed by atoms with Crippen LogP contribution in [0.3, 0.4) is 0 Å². The van der Waals surface area contributed by atoms with Crippen molar-refractivity contribution in [2.24, 2.45) is 15.9 Å². The Labute approximate surface area is 154 Å². The molecule has 0 saturated carbocycles. The Hall–Kier alpha value is -3.07. The second kappa shape index (κ2) is 9.42. The van der Waals surface area contributed by atoms with Crippen molar-refractivity contribution in [1.82, 2.24) is 0 Å². The van der Waals surface area contributed by atoms with E-state index in [9.17, 15) is 10.1 Å². The van der Waals surface area contributed by atoms with E-state index in [1.807, 2.05) is 30.3 Å². The van der Waals surface area contributed by atoms with Crippen molar-refractivity contribution in [2.45, 2.75) is 5.75 Å². The number of amidine groups is 1. The van der Waals surface area contributed by atoms with Crippen LogP contribution >= 0.6 is 11.8 Å². The van der Waals surface area contributed by atoms with E-state index in [1.165, 1.54) is 44.3 Å². The number of nitro benzene ring substituents is 1. The molecule has 0 aromatic heterocycles. The Balaban J connectivity index is 2.15. The van der Waals surface area contributed by atoms with Crippen molar-refractivity contribution in [2.75, 3.05) is 14.2 Å². The number of non-ortho nitro benzene ring substituents is 1. The summed E-state index contributed by atoms with van der Waals surface area (Å²) in [4.78, 5) is 10.5. The van der Waals surface area contributed by atoms with E-state index in [2.05, 4.69) is 10.2 Å². The maximum atomic E-state index is 11.0. The highest BCUT2D eigenvalue weighted by Crippen LogP contribution is 2.34. The highest BCUT2D eigenvalue weighted by Gasteiger charge is 2.17. The molecule has 0 fully saturated rings. The third kappa shape index (κ3) is 5.21. The minimum Gasteiger partial charge on any atom is -0.493 e. The van der Waals surface area contributed by atoms with Gasteiger partial charge in [-0.15, -0.1) is 5.10 Å². The van der Waals surface area contributed by atoms with Crippen LogP contribution in [0.4, 0.5) is 5.69 Å². The number of hydrogen-bond acceptors (Lipinski definition) is 7. The average molecular weight is 374 g/mol. The van der Waals surface area contributed by atoms with E-state index in [-0.39, 0.29) is 16.6 Å². The van der Waals surface area contributed by atoms with E-state index in [4.69, 9.17) is 15.2 Å². The van der Waals surface area contributed by atoms with Crippen LogP contribution in [0.2, 0.25) is 0 Å². The Morgan fingerprint density at radius 3 is 2.62 bits per heavy atom. The highest BCUT2D eigenvalue weighted by molar-refractivity contribution is 8.13. The second-order valence-corrected chi connectivity index (χ2v) is 5.98. The van der Waals surface area contributed by atoms with Crippen molar-refractivity contribution in [1.29, 1.82) is 0 Å². The van der Waals surface area contributed by atoms with Gasteiger partial charge in [-0.3, -0.25) is 10.1 Å². The lowest BCUT2D eigenvalue weighted by Gasteiger charge is -2.09. The number of nitro groups is 1. The molecule has 26 heavy (non-hydrogen) atoms. The van der Waals surface area contributed by atoms with Crippen molar-refractivity contribution in [3.63, 3.8) is 0 Å². The minimum atomic E-state index is -0.521. The van der Waals surface area contributed by atoms with Gasteiger partial charge in [0.2, 0.25) is 0 Å². The lowest BCUT2D eigenvalue weighted by Crippen LogP contribution is -2.06. The molecule has 0 atom stereocenters. The lowest BCUT2D eigenvalue weighted by atomic mass is 10.1. The summed E-state index contributed by atoms with van der Waals surface area (Å²) in [6.07, 6.45) is 1.34. The van der Waals surface area contributed by atoms with Crippen molar-refractivity contribution in [3.8, 4) is 11.5 Å². The van der Waals surface area contributed by atoms with Crippen LogP contribution in [0.1, 0.15) is 11.1 Å². The van der Waals surface area contributed by atoms with Gasteiger partial charge in [-0.1, -0.05) is 42.1 Å². The number of thioether (sulfide) groups is 1. The van der Waals surface area contributed by atoms with Gasteiger partial charge < -0.3 is 15.2 Å². The van der Waals surface area contributed by atoms with Gasteiger partial charge in [0.1, 0.15) is 0 Å². The molecule has 0 heterocycles. The molecular weight excluding hydrogens is 356 g/mol. The third-order valence-electron chi connectivity index (χ3n) is 3.29. The zero-order chi connectivity index (χ0) is 18.9. The van der Waals surface area contributed by atoms with E-state index in [0.29, 0.717) is 17.1 Å². The monoisotopic (exact) mass is 374 g/mol. The molecule has 0 unspecified atom stereocenters. The highest BCUT2D eigenvalue weighted by atomic mass is 32.2. The summed E-state index contributed by atoms with van der Waals surface area (Å²) in [7, 11) is 2.84. The van der Waals surface area contributed by atoms with E-state index in [0.717, 1.165) is 5.56 Å². The van der Waals surface area contributed by atoms with Crippen LogP contribution in [-0.4, -0.2) is 30.5 Å². The summed E-state index contributed by atoms with van der Waals surface area (Å²) in [6.45, 7) is 0. The molecular formula is C17H18N4O4S. The quantitative estimate of drug-likeness (QED) is 0.345. The van der Waals surface area contributed by atoms with Gasteiger partial charge in [0.05, 0.1) is 31.4 Å². The molecule has 0 saturated heterocycles. The maximum Gasteiger partial charge on any atom is 0.274 e. The maximum absolute atomic E-state index is 11.0. The Kier molecular flexibility index (Phi) is 6.98. The fraction of sp³-hybridized carbons (Fsp3) is 0.176. The first kappa shape index (κ1) is 19.3. The summed E-state index contributed by atoms with van der Waals surface area (Å²) >= 11 is 1.34. The lowest BCUT2D eigenvalue weighted by molar-refractivity contribution is -0.385. The second-order valence-electron chi connectivity index (χ2n) is 4.98. The van der Waals surface area contributed by atoms with Crippen LogP contribution in [-0.2, 0) is 5.75 Å². The molecule has 2 rings (SSSR count). The van der Waals surface area contributed by atoms with Gasteiger partial charge in [0.15, 0.2) is 16.7 Å². The molecule has 136 valence electrons. The smallest absolute Gasteiger partial charge is 0.274 e. The zero-order valence-corrected chi connectivity index (χ0v) is 15.1. The first-order valence-electron chi connectivity index (χ1n) is 7.48. The van der Waals surface area contributed by atoms with Crippen LogP contribution in [0.15, 0.2) is 52.7 Å². The normalized spacial score (nSPS) is 11.5. The van der Waals surface area contributed by atoms with Gasteiger partial charge >= 0.3 is 0 Å². The van der Waals surface area contributed by atoms with Gasteiger partial charge in [-0.05, 0) is 5.56 Å². The van der Waals surface area contributed by atoms with Gasteiger partial charge in [0.25, 0.3) is 5.69 Å². The predicted octanol–water partition coefficient (Wildman–Crippen LogP) is 3.19. The van der Waals surface area contributed by atoms with Gasteiger partial charge in [-0.2, -0.15) is 5.10 Å². The van der Waals surface area contributed by atoms with Crippen molar-refractivity contribution in [3.05, 3.63) is 63.7 Å². The third-order valence-corrected chi connectivity index (χ3v) is 4.14. The number of nitrogens with zero attached hydrogens (tertiary/aromatic N) is 3. The number of rotatable bonds is 7. The van der Waals surface area contributed by atoms with Crippen LogP contribution < -0.4 is 15.2 Å². The first-order chi connectivity index (χ1) is 12.5. The number of benzene rings is 2. The molecule has 0 bridgehead atoms. The Morgan fingerprint density at radius 1 is 1.27 bits per heavy atom. The largest absolute Gasteiger partial charge is 0.493 e. The van der Waals surface area contributed by atoms with Gasteiger partial charge in [0, 0.05) is 17.4 Å². The molecule has 8 nitrogen and oxygen atoms in total. The summed E-state index contributed by atoms with van der Waals surface area (Å²) in [6, 6.07) is 12.4. The molecule has 0 aliphatic heterocycles. The Bertz CT molecular complexity index is 825. The summed E-state index contributed by atoms with van der Waals surface area (Å²) in [5.74, 6) is 1.23. The predicted molar refractivity (Wildman–Crippen MR) is 103 cm³/mol. The standard InChI is InChI=1S/C17H18N4O4S/c1-24-15-9-14(21(22)23)8-13(16(15)25-2)10-19-20-17(18)26-11-12-6-4-3-5-7-12/h3-10H,11H2,1-2H3,(H2,18,20). The summed E-state index contributed by atoms with van der Waals surface area (Å²) in [5, 5.41) is 19.1. The number of nitrogens with two attached hydrogens (primary N) is 1. The topological polar surface area (TPSA) is 112 Å². The molecule has 0 aliphatic rings. The van der Waals surface area contributed by atoms with E-state index in [1.54, 1.807) is 0 Å². The van der Waals surface area contributed by atoms with Crippen LogP contribution in [0.25, 0.3) is 0 Å². The summed E-state index contributed by atoms with van der Waals surface area (Å²) in [5.41, 5.74) is 7.17. The molecule has 2 aromatic carbocycles. The number of methoxy groups -OCH3 is 2. The molecule has 0 spiro atoms. The molecule has 0 radical (unpaired) electrons. The minimum absolute atomic E-state index is 0.139. The first-order valence-corrected chi connectivity index (χ1v) is 8.47. The molecule has 2 aromatic rings. The molecule has 2 N–H and O–H groups in total. The van der Waals surface area contributed by atoms with Crippen molar-refractivity contribution < 1.29 is 14.4 Å². The average Bonchev–Trinajstić information content (AvgIpc) is 2.66. The molecule has 9 heteroatoms. The number of ether oxygens (including phenoxy) is 2. The summed E-state index contributed by atoms with van der Waals surface area (Å²) < 4.78 is 10.4. The fourth-order valence-corrected chi connectivity index (χ4v) is 2.70. The van der Waals surface area contributed by atoms with Crippen molar-refractivity contribution >= 4 is 28.8 Å². The van der Waals surface area contributed by atoms with Gasteiger partial charge in [-0.25, -0.2) is 0 Å². The van der Waals surface area contributed by atoms with E-state index < -0.39 is 4.92 Å². The number of hydrogen-bond donors (Lipinski definition) is 1. The van der Waals surface area contributed by atoms with E-state index >= 15 is 0 Å². The SMILES string of the molecule is COc1cc([N+](=O)[O-])cc(C=NN=C(N)SCc2ccccc2)c1OC. The zero-order valence-electron chi connectivity index (χ0n) is 14.3.